The molecule has 2 aromatic rings. The predicted molar refractivity (Wildman–Crippen MR) is 82.7 cm³/mol. The number of hydrogen-bond donors (Lipinski definition) is 1. The molecule has 1 aromatic heterocycles. The van der Waals surface area contributed by atoms with Crippen LogP contribution in [0, 0.1) is 20.8 Å². The smallest absolute Gasteiger partial charge is 0.240 e. The van der Waals surface area contributed by atoms with Crippen LogP contribution >= 0.6 is 0 Å². The van der Waals surface area contributed by atoms with Gasteiger partial charge in [-0.1, -0.05) is 6.07 Å². The van der Waals surface area contributed by atoms with E-state index in [9.17, 15) is 8.42 Å². The second-order valence-corrected chi connectivity index (χ2v) is 6.96. The minimum absolute atomic E-state index is 0.320. The van der Waals surface area contributed by atoms with Gasteiger partial charge in [0.05, 0.1) is 4.90 Å². The summed E-state index contributed by atoms with van der Waals surface area (Å²) in [5, 5.41) is 4.17. The molecule has 114 valence electrons. The van der Waals surface area contributed by atoms with Crippen molar-refractivity contribution in [2.75, 3.05) is 6.54 Å². The fraction of sp³-hybridized carbons (Fsp3) is 0.400. The molecule has 2 rings (SSSR count). The van der Waals surface area contributed by atoms with E-state index in [2.05, 4.69) is 9.82 Å². The first-order valence-corrected chi connectivity index (χ1v) is 8.44. The van der Waals surface area contributed by atoms with Gasteiger partial charge in [0.1, 0.15) is 0 Å². The van der Waals surface area contributed by atoms with Crippen LogP contribution in [-0.4, -0.2) is 24.7 Å². The van der Waals surface area contributed by atoms with Crippen molar-refractivity contribution in [3.63, 3.8) is 0 Å². The fourth-order valence-corrected chi connectivity index (χ4v) is 3.19. The Labute approximate surface area is 126 Å². The summed E-state index contributed by atoms with van der Waals surface area (Å²) in [4.78, 5) is 0.320. The van der Waals surface area contributed by atoms with Crippen LogP contribution in [0.2, 0.25) is 0 Å². The average Bonchev–Trinajstić information content (AvgIpc) is 2.83. The molecule has 0 aliphatic rings. The Hall–Kier alpha value is -1.66. The van der Waals surface area contributed by atoms with E-state index in [4.69, 9.17) is 0 Å². The number of nitrogens with one attached hydrogen (secondary N) is 1. The molecule has 5 nitrogen and oxygen atoms in total. The number of aromatic nitrogens is 2. The van der Waals surface area contributed by atoms with Gasteiger partial charge >= 0.3 is 0 Å². The largest absolute Gasteiger partial charge is 0.270 e. The van der Waals surface area contributed by atoms with E-state index in [1.807, 2.05) is 37.6 Å². The molecule has 0 aliphatic carbocycles. The molecule has 0 saturated carbocycles. The summed E-state index contributed by atoms with van der Waals surface area (Å²) in [6.07, 6.45) is 2.45. The van der Waals surface area contributed by atoms with Gasteiger partial charge < -0.3 is 0 Å². The van der Waals surface area contributed by atoms with Gasteiger partial charge in [-0.05, 0) is 56.5 Å². The Kier molecular flexibility index (Phi) is 4.80. The van der Waals surface area contributed by atoms with Gasteiger partial charge in [0.15, 0.2) is 0 Å². The van der Waals surface area contributed by atoms with Crippen LogP contribution in [0.3, 0.4) is 0 Å². The highest BCUT2D eigenvalue weighted by atomic mass is 32.2. The Morgan fingerprint density at radius 2 is 1.90 bits per heavy atom. The van der Waals surface area contributed by atoms with E-state index in [1.54, 1.807) is 18.3 Å². The maximum Gasteiger partial charge on any atom is 0.240 e. The van der Waals surface area contributed by atoms with Crippen molar-refractivity contribution in [3.05, 3.63) is 47.3 Å². The van der Waals surface area contributed by atoms with Crippen LogP contribution < -0.4 is 4.72 Å². The van der Waals surface area contributed by atoms with Crippen LogP contribution in [-0.2, 0) is 16.6 Å². The van der Waals surface area contributed by atoms with Crippen LogP contribution in [0.1, 0.15) is 23.2 Å². The van der Waals surface area contributed by atoms with E-state index in [1.165, 1.54) is 0 Å². The number of nitrogens with zero attached hydrogens (tertiary/aromatic N) is 2. The Bertz CT molecular complexity index is 720. The summed E-state index contributed by atoms with van der Waals surface area (Å²) in [7, 11) is -3.43. The highest BCUT2D eigenvalue weighted by Crippen LogP contribution is 2.14. The van der Waals surface area contributed by atoms with Gasteiger partial charge in [0, 0.05) is 25.0 Å². The van der Waals surface area contributed by atoms with Gasteiger partial charge in [-0.15, -0.1) is 0 Å². The highest BCUT2D eigenvalue weighted by molar-refractivity contribution is 7.89. The minimum atomic E-state index is -3.43. The SMILES string of the molecule is Cc1ccc(S(=O)(=O)NCCCn2nccc2C)cc1C. The molecule has 0 fully saturated rings. The Morgan fingerprint density at radius 1 is 1.14 bits per heavy atom. The molecular weight excluding hydrogens is 286 g/mol. The molecule has 1 N–H and O–H groups in total. The van der Waals surface area contributed by atoms with E-state index in [0.29, 0.717) is 24.4 Å². The third-order valence-corrected chi connectivity index (χ3v) is 5.02. The summed E-state index contributed by atoms with van der Waals surface area (Å²) in [6, 6.07) is 7.11. The molecule has 0 bridgehead atoms. The highest BCUT2D eigenvalue weighted by Gasteiger charge is 2.13. The fourth-order valence-electron chi connectivity index (χ4n) is 2.03. The van der Waals surface area contributed by atoms with Crippen molar-refractivity contribution >= 4 is 10.0 Å². The third-order valence-electron chi connectivity index (χ3n) is 3.56. The zero-order valence-corrected chi connectivity index (χ0v) is 13.4. The van der Waals surface area contributed by atoms with E-state index in [0.717, 1.165) is 16.8 Å². The van der Waals surface area contributed by atoms with Crippen molar-refractivity contribution in [2.24, 2.45) is 0 Å². The Morgan fingerprint density at radius 3 is 2.52 bits per heavy atom. The number of rotatable bonds is 6. The number of aryl methyl sites for hydroxylation is 4. The van der Waals surface area contributed by atoms with Crippen LogP contribution in [0.25, 0.3) is 0 Å². The molecule has 0 aliphatic heterocycles. The maximum absolute atomic E-state index is 12.2. The summed E-state index contributed by atoms with van der Waals surface area (Å²) >= 11 is 0. The number of benzene rings is 1. The topological polar surface area (TPSA) is 64.0 Å². The van der Waals surface area contributed by atoms with Crippen molar-refractivity contribution < 1.29 is 8.42 Å². The first-order valence-electron chi connectivity index (χ1n) is 6.95. The van der Waals surface area contributed by atoms with Crippen LogP contribution in [0.4, 0.5) is 0 Å². The Balaban J connectivity index is 1.92. The van der Waals surface area contributed by atoms with Crippen molar-refractivity contribution in [2.45, 2.75) is 38.6 Å². The maximum atomic E-state index is 12.2. The zero-order chi connectivity index (χ0) is 15.5. The zero-order valence-electron chi connectivity index (χ0n) is 12.6. The van der Waals surface area contributed by atoms with E-state index >= 15 is 0 Å². The second kappa shape index (κ2) is 6.41. The van der Waals surface area contributed by atoms with Crippen molar-refractivity contribution in [1.82, 2.24) is 14.5 Å². The molecular formula is C15H21N3O2S. The van der Waals surface area contributed by atoms with Gasteiger partial charge in [0.2, 0.25) is 10.0 Å². The van der Waals surface area contributed by atoms with E-state index in [-0.39, 0.29) is 0 Å². The van der Waals surface area contributed by atoms with Gasteiger partial charge in [-0.3, -0.25) is 4.68 Å². The number of sulfonamides is 1. The third kappa shape index (κ3) is 3.92. The molecule has 0 atom stereocenters. The minimum Gasteiger partial charge on any atom is -0.270 e. The lowest BCUT2D eigenvalue weighted by Crippen LogP contribution is -2.25. The summed E-state index contributed by atoms with van der Waals surface area (Å²) in [6.45, 7) is 6.95. The summed E-state index contributed by atoms with van der Waals surface area (Å²) in [5.74, 6) is 0. The summed E-state index contributed by atoms with van der Waals surface area (Å²) < 4.78 is 28.9. The quantitative estimate of drug-likeness (QED) is 0.832. The van der Waals surface area contributed by atoms with E-state index < -0.39 is 10.0 Å². The lowest BCUT2D eigenvalue weighted by molar-refractivity contribution is 0.546. The predicted octanol–water partition coefficient (Wildman–Crippen LogP) is 2.18. The standard InChI is InChI=1S/C15H21N3O2S/c1-12-5-6-15(11-13(12)2)21(19,20)17-8-4-10-18-14(3)7-9-16-18/h5-7,9,11,17H,4,8,10H2,1-3H3. The number of hydrogen-bond acceptors (Lipinski definition) is 3. The van der Waals surface area contributed by atoms with Gasteiger partial charge in [-0.2, -0.15) is 5.10 Å². The van der Waals surface area contributed by atoms with Gasteiger partial charge in [-0.25, -0.2) is 13.1 Å². The molecule has 0 saturated heterocycles. The molecule has 0 amide bonds. The van der Waals surface area contributed by atoms with Crippen LogP contribution in [0.15, 0.2) is 35.4 Å². The summed E-state index contributed by atoms with van der Waals surface area (Å²) in [5.41, 5.74) is 3.14. The lowest BCUT2D eigenvalue weighted by Gasteiger charge is -2.09. The molecule has 0 unspecified atom stereocenters. The lowest BCUT2D eigenvalue weighted by atomic mass is 10.1. The van der Waals surface area contributed by atoms with Gasteiger partial charge in [0.25, 0.3) is 0 Å². The molecule has 0 spiro atoms. The van der Waals surface area contributed by atoms with Crippen molar-refractivity contribution in [1.29, 1.82) is 0 Å². The second-order valence-electron chi connectivity index (χ2n) is 5.19. The van der Waals surface area contributed by atoms with Crippen molar-refractivity contribution in [3.8, 4) is 0 Å². The monoisotopic (exact) mass is 307 g/mol. The molecule has 0 radical (unpaired) electrons. The molecule has 1 heterocycles. The molecule has 6 heteroatoms. The first kappa shape index (κ1) is 15.7. The first-order chi connectivity index (χ1) is 9.90. The molecule has 21 heavy (non-hydrogen) atoms. The van der Waals surface area contributed by atoms with Crippen LogP contribution in [0.5, 0.6) is 0 Å². The normalized spacial score (nSPS) is 11.8. The average molecular weight is 307 g/mol. The molecule has 1 aromatic carbocycles.